The molecule has 2 amide bonds. The van der Waals surface area contributed by atoms with Gasteiger partial charge in [0.1, 0.15) is 5.56 Å². The number of primary amides is 1. The number of carbonyl (C=O) groups excluding carboxylic acids is 2. The summed E-state index contributed by atoms with van der Waals surface area (Å²) in [4.78, 5) is 29.3. The third-order valence-electron chi connectivity index (χ3n) is 6.98. The zero-order chi connectivity index (χ0) is 27.0. The summed E-state index contributed by atoms with van der Waals surface area (Å²) in [5.74, 6) is -0.181. The summed E-state index contributed by atoms with van der Waals surface area (Å²) in [6.45, 7) is 3.78. The van der Waals surface area contributed by atoms with Gasteiger partial charge in [-0.25, -0.2) is 4.68 Å². The Morgan fingerprint density at radius 3 is 2.63 bits per heavy atom. The fourth-order valence-electron chi connectivity index (χ4n) is 4.91. The number of nitrogens with one attached hydrogen (secondary N) is 1. The number of pyridine rings is 1. The molecule has 0 unspecified atom stereocenters. The molecule has 5 rings (SSSR count). The minimum absolute atomic E-state index is 0.0717. The summed E-state index contributed by atoms with van der Waals surface area (Å²) in [5.41, 5.74) is 8.99. The van der Waals surface area contributed by atoms with E-state index >= 15 is 0 Å². The van der Waals surface area contributed by atoms with Crippen LogP contribution in [0, 0.1) is 24.2 Å². The first-order chi connectivity index (χ1) is 18.2. The van der Waals surface area contributed by atoms with Crippen LogP contribution in [-0.4, -0.2) is 48.5 Å². The molecule has 1 atom stereocenters. The van der Waals surface area contributed by atoms with Crippen molar-refractivity contribution in [1.29, 1.82) is 5.26 Å². The normalized spacial score (nSPS) is 17.4. The lowest BCUT2D eigenvalue weighted by Gasteiger charge is -2.37. The number of aryl methyl sites for hydroxylation is 1. The zero-order valence-electron chi connectivity index (χ0n) is 21.4. The standard InChI is InChI=1S/C27H28N8O3/c1-15(38-27-22(24(29)36)11-19-13-30-34(3)25(19)33-27)8-18-9-20(10-18)32-26(37)23-14-31-35(16(23)2)21-6-4-17(12-28)5-7-21/h4-7,11,13-15,18,20H,8-10H2,1-3H3,(H2,29,36)(H,32,37)/t15-,18?,20?/m0/s1. The van der Waals surface area contributed by atoms with E-state index in [2.05, 4.69) is 26.6 Å². The molecule has 0 saturated heterocycles. The second kappa shape index (κ2) is 9.97. The Hall–Kier alpha value is -4.72. The summed E-state index contributed by atoms with van der Waals surface area (Å²) >= 11 is 0. The van der Waals surface area contributed by atoms with Crippen molar-refractivity contribution in [2.45, 2.75) is 45.3 Å². The van der Waals surface area contributed by atoms with Gasteiger partial charge in [0, 0.05) is 18.5 Å². The average molecular weight is 513 g/mol. The molecule has 1 saturated carbocycles. The highest BCUT2D eigenvalue weighted by Crippen LogP contribution is 2.33. The highest BCUT2D eigenvalue weighted by molar-refractivity contribution is 5.98. The second-order valence-electron chi connectivity index (χ2n) is 9.77. The Morgan fingerprint density at radius 2 is 1.95 bits per heavy atom. The van der Waals surface area contributed by atoms with Crippen LogP contribution < -0.4 is 15.8 Å². The molecule has 1 aliphatic rings. The SMILES string of the molecule is Cc1c(C(=O)NC2CC(C[C@H](C)Oc3nc4c(cnn4C)cc3C(N)=O)C2)cnn1-c1ccc(C#N)cc1. The van der Waals surface area contributed by atoms with Gasteiger partial charge in [0.2, 0.25) is 5.88 Å². The molecule has 194 valence electrons. The first-order valence-electron chi connectivity index (χ1n) is 12.4. The van der Waals surface area contributed by atoms with Crippen molar-refractivity contribution in [2.75, 3.05) is 0 Å². The van der Waals surface area contributed by atoms with E-state index in [-0.39, 0.29) is 29.5 Å². The number of ether oxygens (including phenoxy) is 1. The smallest absolute Gasteiger partial charge is 0.254 e. The van der Waals surface area contributed by atoms with Gasteiger partial charge in [0.25, 0.3) is 11.8 Å². The van der Waals surface area contributed by atoms with Crippen molar-refractivity contribution in [3.05, 3.63) is 65.1 Å². The molecule has 3 aromatic heterocycles. The minimum Gasteiger partial charge on any atom is -0.474 e. The number of nitrogens with two attached hydrogens (primary N) is 1. The Labute approximate surface area is 219 Å². The largest absolute Gasteiger partial charge is 0.474 e. The monoisotopic (exact) mass is 512 g/mol. The number of carbonyl (C=O) groups is 2. The van der Waals surface area contributed by atoms with Gasteiger partial charge in [-0.3, -0.25) is 14.3 Å². The van der Waals surface area contributed by atoms with Crippen molar-refractivity contribution in [3.63, 3.8) is 0 Å². The van der Waals surface area contributed by atoms with Gasteiger partial charge >= 0.3 is 0 Å². The average Bonchev–Trinajstić information content (AvgIpc) is 3.44. The van der Waals surface area contributed by atoms with Crippen molar-refractivity contribution in [3.8, 4) is 17.6 Å². The fourth-order valence-corrected chi connectivity index (χ4v) is 4.91. The van der Waals surface area contributed by atoms with Crippen LogP contribution >= 0.6 is 0 Å². The van der Waals surface area contributed by atoms with E-state index in [1.54, 1.807) is 59.1 Å². The molecule has 4 aromatic rings. The maximum Gasteiger partial charge on any atom is 0.254 e. The molecule has 1 aliphatic carbocycles. The lowest BCUT2D eigenvalue weighted by molar-refractivity contribution is 0.0847. The highest BCUT2D eigenvalue weighted by atomic mass is 16.5. The summed E-state index contributed by atoms with van der Waals surface area (Å²) in [6, 6.07) is 10.9. The van der Waals surface area contributed by atoms with Crippen molar-refractivity contribution in [2.24, 2.45) is 18.7 Å². The Kier molecular flexibility index (Phi) is 6.55. The van der Waals surface area contributed by atoms with Crippen LogP contribution in [0.25, 0.3) is 16.7 Å². The highest BCUT2D eigenvalue weighted by Gasteiger charge is 2.33. The molecule has 1 aromatic carbocycles. The number of aromatic nitrogens is 5. The molecule has 3 heterocycles. The molecule has 0 radical (unpaired) electrons. The predicted octanol–water partition coefficient (Wildman–Crippen LogP) is 2.80. The third-order valence-corrected chi connectivity index (χ3v) is 6.98. The van der Waals surface area contributed by atoms with Crippen molar-refractivity contribution in [1.82, 2.24) is 29.9 Å². The number of fused-ring (bicyclic) bond motifs is 1. The molecule has 11 heteroatoms. The van der Waals surface area contributed by atoms with Crippen molar-refractivity contribution >= 4 is 22.8 Å². The van der Waals surface area contributed by atoms with E-state index in [4.69, 9.17) is 15.7 Å². The van der Waals surface area contributed by atoms with E-state index in [1.165, 1.54) is 0 Å². The van der Waals surface area contributed by atoms with Gasteiger partial charge in [-0.1, -0.05) is 0 Å². The molecule has 0 aliphatic heterocycles. The first kappa shape index (κ1) is 25.0. The number of hydrogen-bond donors (Lipinski definition) is 2. The Bertz CT molecular complexity index is 1560. The van der Waals surface area contributed by atoms with Gasteiger partial charge in [0.15, 0.2) is 5.65 Å². The number of nitrogens with zero attached hydrogens (tertiary/aromatic N) is 6. The van der Waals surface area contributed by atoms with E-state index in [0.717, 1.165) is 36.0 Å². The van der Waals surface area contributed by atoms with Gasteiger partial charge in [-0.15, -0.1) is 0 Å². The Morgan fingerprint density at radius 1 is 1.21 bits per heavy atom. The van der Waals surface area contributed by atoms with Gasteiger partial charge in [0.05, 0.1) is 47.1 Å². The van der Waals surface area contributed by atoms with E-state index in [0.29, 0.717) is 22.7 Å². The minimum atomic E-state index is -0.602. The number of rotatable bonds is 8. The third kappa shape index (κ3) is 4.80. The molecule has 38 heavy (non-hydrogen) atoms. The van der Waals surface area contributed by atoms with Crippen molar-refractivity contribution < 1.29 is 14.3 Å². The topological polar surface area (TPSA) is 154 Å². The maximum atomic E-state index is 12.9. The summed E-state index contributed by atoms with van der Waals surface area (Å²) in [7, 11) is 1.77. The number of amides is 2. The summed E-state index contributed by atoms with van der Waals surface area (Å²) in [6.07, 6.45) is 5.42. The van der Waals surface area contributed by atoms with Crippen LogP contribution in [0.2, 0.25) is 0 Å². The van der Waals surface area contributed by atoms with Crippen LogP contribution in [-0.2, 0) is 7.05 Å². The quantitative estimate of drug-likeness (QED) is 0.368. The van der Waals surface area contributed by atoms with Gasteiger partial charge in [-0.2, -0.15) is 20.4 Å². The van der Waals surface area contributed by atoms with E-state index in [9.17, 15) is 9.59 Å². The molecule has 11 nitrogen and oxygen atoms in total. The number of hydrogen-bond acceptors (Lipinski definition) is 7. The van der Waals surface area contributed by atoms with Gasteiger partial charge in [-0.05, 0) is 69.4 Å². The maximum absolute atomic E-state index is 12.9. The van der Waals surface area contributed by atoms with Crippen LogP contribution in [0.3, 0.4) is 0 Å². The van der Waals surface area contributed by atoms with Gasteiger partial charge < -0.3 is 15.8 Å². The predicted molar refractivity (Wildman–Crippen MR) is 139 cm³/mol. The summed E-state index contributed by atoms with van der Waals surface area (Å²) in [5, 5.41) is 21.3. The molecule has 3 N–H and O–H groups in total. The molecular weight excluding hydrogens is 484 g/mol. The summed E-state index contributed by atoms with van der Waals surface area (Å²) < 4.78 is 9.35. The fraction of sp³-hybridized carbons (Fsp3) is 0.333. The van der Waals surface area contributed by atoms with Crippen LogP contribution in [0.4, 0.5) is 0 Å². The van der Waals surface area contributed by atoms with Crippen LogP contribution in [0.15, 0.2) is 42.7 Å². The second-order valence-corrected chi connectivity index (χ2v) is 9.77. The molecule has 1 fully saturated rings. The lowest BCUT2D eigenvalue weighted by Crippen LogP contribution is -2.45. The van der Waals surface area contributed by atoms with Crippen LogP contribution in [0.1, 0.15) is 58.2 Å². The molecular formula is C27H28N8O3. The molecule has 0 spiro atoms. The van der Waals surface area contributed by atoms with Crippen LogP contribution in [0.5, 0.6) is 5.88 Å². The number of benzene rings is 1. The lowest BCUT2D eigenvalue weighted by atomic mass is 9.77. The molecule has 0 bridgehead atoms. The Balaban J connectivity index is 1.16. The van der Waals surface area contributed by atoms with E-state index in [1.807, 2.05) is 13.8 Å². The van der Waals surface area contributed by atoms with E-state index < -0.39 is 5.91 Å². The number of nitriles is 1. The first-order valence-corrected chi connectivity index (χ1v) is 12.4. The zero-order valence-corrected chi connectivity index (χ0v) is 21.4.